The van der Waals surface area contributed by atoms with Crippen molar-refractivity contribution >= 4 is 79.4 Å². The van der Waals surface area contributed by atoms with Crippen LogP contribution in [-0.2, 0) is 0 Å². The summed E-state index contributed by atoms with van der Waals surface area (Å²) >= 11 is 0. The number of carbonyl (C=O) groups is 4. The molecule has 17 heteroatoms. The minimum Gasteiger partial charge on any atom is -0.545 e. The number of rotatable bonds is 10. The first-order valence-corrected chi connectivity index (χ1v) is 27.5. The number of nitrogens with one attached hydrogen (secondary N) is 2. The van der Waals surface area contributed by atoms with Gasteiger partial charge in [-0.3, -0.25) is 19.4 Å². The minimum atomic E-state index is -1.23. The molecule has 2 aromatic heterocycles. The molecule has 4 heterocycles. The Morgan fingerprint density at radius 2 is 0.899 bits per heavy atom. The summed E-state index contributed by atoms with van der Waals surface area (Å²) in [6.07, 6.45) is 13.2. The molecule has 6 aromatic carbocycles. The average molecular weight is 1070 g/mol. The number of aromatic nitrogens is 2. The van der Waals surface area contributed by atoms with Gasteiger partial charge in [-0.15, -0.1) is 0 Å². The second-order valence-electron chi connectivity index (χ2n) is 21.5. The summed E-state index contributed by atoms with van der Waals surface area (Å²) in [5.74, 6) is -1.16. The van der Waals surface area contributed by atoms with E-state index in [1.807, 2.05) is 60.7 Å². The molecular weight excluding hydrogens is 1010 g/mol. The largest absolute Gasteiger partial charge is 1.00 e. The van der Waals surface area contributed by atoms with Crippen LogP contribution in [0.3, 0.4) is 0 Å². The van der Waals surface area contributed by atoms with E-state index in [9.17, 15) is 29.4 Å². The van der Waals surface area contributed by atoms with E-state index >= 15 is 0 Å². The van der Waals surface area contributed by atoms with Crippen LogP contribution in [0, 0.1) is 0 Å². The summed E-state index contributed by atoms with van der Waals surface area (Å²) < 4.78 is 11.9. The van der Waals surface area contributed by atoms with Gasteiger partial charge in [0.25, 0.3) is 0 Å². The van der Waals surface area contributed by atoms with Crippen LogP contribution in [0.4, 0.5) is 34.1 Å². The third-order valence-electron chi connectivity index (χ3n) is 17.1. The number of aromatic carboxylic acids is 2. The Balaban J connectivity index is 0.000000156. The Bertz CT molecular complexity index is 3400. The van der Waals surface area contributed by atoms with Crippen LogP contribution >= 0.6 is 0 Å². The van der Waals surface area contributed by atoms with E-state index < -0.39 is 11.9 Å². The number of hydrogen-bond acceptors (Lipinski definition) is 15. The Labute approximate surface area is 479 Å². The maximum atomic E-state index is 13.8. The van der Waals surface area contributed by atoms with Crippen molar-refractivity contribution in [2.45, 2.75) is 76.3 Å². The molecule has 8 aromatic rings. The maximum absolute atomic E-state index is 13.8. The Morgan fingerprint density at radius 3 is 1.28 bits per heavy atom. The van der Waals surface area contributed by atoms with E-state index in [0.29, 0.717) is 79.6 Å². The molecule has 4 aliphatic carbocycles. The summed E-state index contributed by atoms with van der Waals surface area (Å²) in [6.45, 7) is 7.49. The number of carboxylic acids is 2. The van der Waals surface area contributed by atoms with Crippen LogP contribution in [0.2, 0.25) is 0 Å². The molecule has 0 spiro atoms. The Morgan fingerprint density at radius 1 is 0.519 bits per heavy atom. The molecule has 2 saturated heterocycles. The zero-order valence-electron chi connectivity index (χ0n) is 44.3. The maximum Gasteiger partial charge on any atom is 1.00 e. The number of hydrogen-bond donors (Lipinski definition) is 3. The van der Waals surface area contributed by atoms with Gasteiger partial charge in [0.2, 0.25) is 0 Å². The van der Waals surface area contributed by atoms with Crippen LogP contribution in [0.1, 0.15) is 117 Å². The van der Waals surface area contributed by atoms with E-state index in [1.165, 1.54) is 76.3 Å². The summed E-state index contributed by atoms with van der Waals surface area (Å²) in [6, 6.07) is 33.2. The van der Waals surface area contributed by atoms with E-state index in [4.69, 9.17) is 9.05 Å². The van der Waals surface area contributed by atoms with E-state index in [0.717, 1.165) is 85.6 Å². The normalized spacial score (nSPS) is 17.6. The van der Waals surface area contributed by atoms with E-state index in [1.54, 1.807) is 36.4 Å². The summed E-state index contributed by atoms with van der Waals surface area (Å²) in [5.41, 5.74) is 10.0. The van der Waals surface area contributed by atoms with E-state index in [-0.39, 0.29) is 52.3 Å². The fourth-order valence-corrected chi connectivity index (χ4v) is 13.0. The van der Waals surface area contributed by atoms with Gasteiger partial charge in [0.1, 0.15) is 11.0 Å². The minimum absolute atomic E-state index is 0. The smallest absolute Gasteiger partial charge is 0.545 e. The number of anilines is 6. The van der Waals surface area contributed by atoms with Crippen LogP contribution < -0.4 is 55.1 Å². The zero-order chi connectivity index (χ0) is 53.0. The van der Waals surface area contributed by atoms with Crippen molar-refractivity contribution in [1.29, 1.82) is 0 Å². The fourth-order valence-electron chi connectivity index (χ4n) is 13.0. The van der Waals surface area contributed by atoms with Gasteiger partial charge in [0.05, 0.1) is 56.2 Å². The predicted molar refractivity (Wildman–Crippen MR) is 298 cm³/mol. The summed E-state index contributed by atoms with van der Waals surface area (Å²) in [4.78, 5) is 60.2. The first kappa shape index (κ1) is 52.4. The Hall–Kier alpha value is -7.34. The van der Waals surface area contributed by atoms with Gasteiger partial charge < -0.3 is 44.5 Å². The number of fused-ring (bicyclic) bond motifs is 4. The summed E-state index contributed by atoms with van der Waals surface area (Å²) in [7, 11) is 0. The van der Waals surface area contributed by atoms with Gasteiger partial charge in [-0.1, -0.05) is 110 Å². The quantitative estimate of drug-likeness (QED) is 0.113. The molecule has 396 valence electrons. The molecule has 16 nitrogen and oxygen atoms in total. The average Bonchev–Trinajstić information content (AvgIpc) is 4.33. The monoisotopic (exact) mass is 1070 g/mol. The van der Waals surface area contributed by atoms with Crippen LogP contribution in [-0.4, -0.2) is 113 Å². The zero-order valence-corrected chi connectivity index (χ0v) is 46.3. The number of carbonyl (C=O) groups excluding carboxylic acids is 3. The van der Waals surface area contributed by atoms with Crippen molar-refractivity contribution in [2.24, 2.45) is 0 Å². The molecule has 0 bridgehead atoms. The molecule has 0 radical (unpaired) electrons. The van der Waals surface area contributed by atoms with Gasteiger partial charge >= 0.3 is 35.5 Å². The number of piperazine rings is 2. The summed E-state index contributed by atoms with van der Waals surface area (Å²) in [5, 5.41) is 37.8. The van der Waals surface area contributed by atoms with Gasteiger partial charge in [-0.05, 0) is 79.8 Å². The van der Waals surface area contributed by atoms with Gasteiger partial charge in [0.15, 0.2) is 23.1 Å². The second-order valence-corrected chi connectivity index (χ2v) is 21.5. The predicted octanol–water partition coefficient (Wildman–Crippen LogP) is 7.54. The molecule has 14 rings (SSSR count). The van der Waals surface area contributed by atoms with Gasteiger partial charge in [-0.2, -0.15) is 0 Å². The van der Waals surface area contributed by atoms with Crippen LogP contribution in [0.25, 0.3) is 44.5 Å². The number of ketones is 2. The molecule has 2 aliphatic heterocycles. The van der Waals surface area contributed by atoms with E-state index in [2.05, 4.69) is 40.5 Å². The van der Waals surface area contributed by atoms with Crippen molar-refractivity contribution in [3.05, 3.63) is 143 Å². The molecule has 6 aliphatic rings. The second kappa shape index (κ2) is 22.1. The van der Waals surface area contributed by atoms with Crippen molar-refractivity contribution in [3.63, 3.8) is 0 Å². The molecule has 3 N–H and O–H groups in total. The first-order chi connectivity index (χ1) is 38.2. The molecule has 0 atom stereocenters. The molecule has 2 saturated carbocycles. The van der Waals surface area contributed by atoms with Gasteiger partial charge in [0, 0.05) is 98.1 Å². The van der Waals surface area contributed by atoms with Crippen LogP contribution in [0.5, 0.6) is 0 Å². The SMILES string of the molecule is O=C(O)c1ccc(Nc2cc(N3CCN(C4CCCCC4)CC3)c3noc4c3c2C(=O)c2ccccc2-4)cc1.O=C([O-])c1ccc(Nc2cc(N3CCN(C4CCCCC4)CC3)c3noc4c3c2C(=O)c2ccccc2-4)cc1.[Na+]. The molecule has 79 heavy (non-hydrogen) atoms. The third-order valence-corrected chi connectivity index (χ3v) is 17.1. The van der Waals surface area contributed by atoms with Crippen LogP contribution in [0.15, 0.2) is 118 Å². The van der Waals surface area contributed by atoms with Crippen molar-refractivity contribution < 1.29 is 68.0 Å². The van der Waals surface area contributed by atoms with Crippen molar-refractivity contribution in [1.82, 2.24) is 20.1 Å². The van der Waals surface area contributed by atoms with Crippen molar-refractivity contribution in [3.8, 4) is 22.6 Å². The molecular formula is C62H59N8NaO8. The van der Waals surface area contributed by atoms with Crippen molar-refractivity contribution in [2.75, 3.05) is 72.8 Å². The fraction of sp³-hybridized carbons (Fsp3) is 0.323. The molecule has 0 unspecified atom stereocenters. The molecule has 4 fully saturated rings. The standard InChI is InChI=1S/2C31H30N4O4.Na/c2*36-29-22-8-4-5-9-23(22)30-27-26(29)24(32-20-12-10-19(11-13-20)31(37)38)18-25(28(27)33-39-30)35-16-14-34(15-17-35)21-6-2-1-3-7-21;/h2*4-5,8-13,18,21,32H,1-3,6-7,14-17H2,(H,37,38);/q;;+1/p-1. The Kier molecular flexibility index (Phi) is 14.6. The first-order valence-electron chi connectivity index (χ1n) is 27.5. The number of carboxylic acid groups (broad SMARTS) is 2. The third kappa shape index (κ3) is 9.77. The van der Waals surface area contributed by atoms with Gasteiger partial charge in [-0.25, -0.2) is 4.79 Å². The molecule has 0 amide bonds. The number of benzene rings is 6. The number of nitrogens with zero attached hydrogens (tertiary/aromatic N) is 6. The topological polar surface area (TPSA) is 201 Å².